The van der Waals surface area contributed by atoms with Gasteiger partial charge in [-0.3, -0.25) is 4.90 Å². The monoisotopic (exact) mass is 307 g/mol. The minimum Gasteiger partial charge on any atom is -0.496 e. The zero-order valence-corrected chi connectivity index (χ0v) is 11.8. The first-order chi connectivity index (χ1) is 9.99. The minimum absolute atomic E-state index is 0.0148. The Morgan fingerprint density at radius 2 is 2.00 bits per heavy atom. The molecule has 1 atom stereocenters. The van der Waals surface area contributed by atoms with Crippen LogP contribution < -0.4 is 4.74 Å². The van der Waals surface area contributed by atoms with E-state index in [2.05, 4.69) is 0 Å². The fourth-order valence-electron chi connectivity index (χ4n) is 2.10. The highest BCUT2D eigenvalue weighted by Gasteiger charge is 2.20. The number of ether oxygens (including phenoxy) is 1. The standard InChI is InChI=1S/C14H20F3NO3/c1-21-12-4-2-3-10(15)14(12)11(20)5-6-18(7-8-19)9-13(16)17/h2-4,11,13,19-20H,5-9H2,1H3. The zero-order valence-electron chi connectivity index (χ0n) is 11.8. The van der Waals surface area contributed by atoms with Gasteiger partial charge >= 0.3 is 0 Å². The van der Waals surface area contributed by atoms with Crippen molar-refractivity contribution < 1.29 is 28.1 Å². The van der Waals surface area contributed by atoms with Crippen molar-refractivity contribution in [3.05, 3.63) is 29.6 Å². The summed E-state index contributed by atoms with van der Waals surface area (Å²) in [4.78, 5) is 1.32. The zero-order chi connectivity index (χ0) is 15.8. The molecule has 0 saturated carbocycles. The summed E-state index contributed by atoms with van der Waals surface area (Å²) in [5, 5.41) is 18.9. The van der Waals surface area contributed by atoms with Gasteiger partial charge < -0.3 is 14.9 Å². The molecular formula is C14H20F3NO3. The lowest BCUT2D eigenvalue weighted by Crippen LogP contribution is -2.33. The number of hydrogen-bond donors (Lipinski definition) is 2. The number of methoxy groups -OCH3 is 1. The lowest BCUT2D eigenvalue weighted by Gasteiger charge is -2.23. The maximum absolute atomic E-state index is 13.8. The summed E-state index contributed by atoms with van der Waals surface area (Å²) in [5.74, 6) is -0.394. The predicted octanol–water partition coefficient (Wildman–Crippen LogP) is 1.82. The van der Waals surface area contributed by atoms with E-state index >= 15 is 0 Å². The highest BCUT2D eigenvalue weighted by atomic mass is 19.3. The number of rotatable bonds is 9. The average Bonchev–Trinajstić information content (AvgIpc) is 2.43. The van der Waals surface area contributed by atoms with Crippen LogP contribution in [-0.4, -0.2) is 54.9 Å². The van der Waals surface area contributed by atoms with Gasteiger partial charge in [0.15, 0.2) is 0 Å². The van der Waals surface area contributed by atoms with Crippen LogP contribution in [0, 0.1) is 5.82 Å². The molecule has 0 fully saturated rings. The molecule has 1 rings (SSSR count). The van der Waals surface area contributed by atoms with Crippen molar-refractivity contribution in [3.8, 4) is 5.75 Å². The van der Waals surface area contributed by atoms with Gasteiger partial charge in [-0.15, -0.1) is 0 Å². The number of alkyl halides is 2. The summed E-state index contributed by atoms with van der Waals surface area (Å²) in [6.45, 7) is -0.567. The molecule has 0 bridgehead atoms. The second-order valence-electron chi connectivity index (χ2n) is 4.58. The molecule has 4 nitrogen and oxygen atoms in total. The summed E-state index contributed by atoms with van der Waals surface area (Å²) >= 11 is 0. The van der Waals surface area contributed by atoms with Gasteiger partial charge in [-0.2, -0.15) is 0 Å². The normalized spacial score (nSPS) is 13.0. The number of benzene rings is 1. The molecule has 2 N–H and O–H groups in total. The highest BCUT2D eigenvalue weighted by molar-refractivity contribution is 5.36. The van der Waals surface area contributed by atoms with Crippen molar-refractivity contribution in [2.75, 3.05) is 33.4 Å². The Labute approximate surface area is 121 Å². The Hall–Kier alpha value is -1.31. The lowest BCUT2D eigenvalue weighted by molar-refractivity contribution is 0.0651. The van der Waals surface area contributed by atoms with Gasteiger partial charge in [0, 0.05) is 13.1 Å². The molecule has 0 radical (unpaired) electrons. The molecule has 0 saturated heterocycles. The van der Waals surface area contributed by atoms with Gasteiger partial charge in [0.2, 0.25) is 0 Å². The maximum Gasteiger partial charge on any atom is 0.251 e. The van der Waals surface area contributed by atoms with Crippen molar-refractivity contribution in [1.29, 1.82) is 0 Å². The molecule has 0 aliphatic heterocycles. The van der Waals surface area contributed by atoms with Crippen LogP contribution in [0.2, 0.25) is 0 Å². The van der Waals surface area contributed by atoms with Gasteiger partial charge in [0.1, 0.15) is 11.6 Å². The number of aliphatic hydroxyl groups is 2. The summed E-state index contributed by atoms with van der Waals surface area (Å²) in [6, 6.07) is 4.18. The van der Waals surface area contributed by atoms with Gasteiger partial charge in [-0.05, 0) is 18.6 Å². The maximum atomic E-state index is 13.8. The molecule has 120 valence electrons. The van der Waals surface area contributed by atoms with Crippen molar-refractivity contribution in [1.82, 2.24) is 4.90 Å². The summed E-state index contributed by atoms with van der Waals surface area (Å²) in [5.41, 5.74) is 0.0148. The smallest absolute Gasteiger partial charge is 0.251 e. The molecule has 1 unspecified atom stereocenters. The van der Waals surface area contributed by atoms with Crippen molar-refractivity contribution >= 4 is 0 Å². The third-order valence-corrected chi connectivity index (χ3v) is 3.10. The second kappa shape index (κ2) is 8.86. The Kier molecular flexibility index (Phi) is 7.49. The van der Waals surface area contributed by atoms with Crippen molar-refractivity contribution in [2.24, 2.45) is 0 Å². The molecule has 21 heavy (non-hydrogen) atoms. The fourth-order valence-corrected chi connectivity index (χ4v) is 2.10. The first kappa shape index (κ1) is 17.7. The fraction of sp³-hybridized carbons (Fsp3) is 0.571. The van der Waals surface area contributed by atoms with Crippen LogP contribution in [0.1, 0.15) is 18.1 Å². The van der Waals surface area contributed by atoms with E-state index in [4.69, 9.17) is 9.84 Å². The highest BCUT2D eigenvalue weighted by Crippen LogP contribution is 2.29. The van der Waals surface area contributed by atoms with Crippen LogP contribution in [0.3, 0.4) is 0 Å². The first-order valence-corrected chi connectivity index (χ1v) is 6.61. The molecule has 0 amide bonds. The van der Waals surface area contributed by atoms with E-state index in [9.17, 15) is 18.3 Å². The third-order valence-electron chi connectivity index (χ3n) is 3.10. The molecule has 1 aromatic rings. The van der Waals surface area contributed by atoms with Crippen LogP contribution in [-0.2, 0) is 0 Å². The van der Waals surface area contributed by atoms with E-state index in [1.165, 1.54) is 30.2 Å². The average molecular weight is 307 g/mol. The van der Waals surface area contributed by atoms with Crippen molar-refractivity contribution in [3.63, 3.8) is 0 Å². The number of halogens is 3. The summed E-state index contributed by atoms with van der Waals surface area (Å²) in [6.07, 6.45) is -3.64. The van der Waals surface area contributed by atoms with Gasteiger partial charge in [0.05, 0.1) is 31.9 Å². The van der Waals surface area contributed by atoms with Crippen molar-refractivity contribution in [2.45, 2.75) is 19.0 Å². The first-order valence-electron chi connectivity index (χ1n) is 6.61. The SMILES string of the molecule is COc1cccc(F)c1C(O)CCN(CCO)CC(F)F. The molecular weight excluding hydrogens is 287 g/mol. The Balaban J connectivity index is 2.69. The Morgan fingerprint density at radius 3 is 2.57 bits per heavy atom. The number of aliphatic hydroxyl groups excluding tert-OH is 2. The molecule has 0 aliphatic carbocycles. The molecule has 0 aromatic heterocycles. The molecule has 0 spiro atoms. The second-order valence-corrected chi connectivity index (χ2v) is 4.58. The Bertz CT molecular complexity index is 432. The number of nitrogens with zero attached hydrogens (tertiary/aromatic N) is 1. The molecule has 1 aromatic carbocycles. The third kappa shape index (κ3) is 5.53. The topological polar surface area (TPSA) is 52.9 Å². The minimum atomic E-state index is -2.53. The summed E-state index contributed by atoms with van der Waals surface area (Å²) < 4.78 is 43.5. The van der Waals surface area contributed by atoms with Crippen LogP contribution in [0.5, 0.6) is 5.75 Å². The van der Waals surface area contributed by atoms with E-state index in [1.807, 2.05) is 0 Å². The van der Waals surface area contributed by atoms with Crippen LogP contribution >= 0.6 is 0 Å². The van der Waals surface area contributed by atoms with E-state index in [0.29, 0.717) is 0 Å². The quantitative estimate of drug-likeness (QED) is 0.731. The van der Waals surface area contributed by atoms with Crippen LogP contribution in [0.4, 0.5) is 13.2 Å². The largest absolute Gasteiger partial charge is 0.496 e. The van der Waals surface area contributed by atoms with Crippen LogP contribution in [0.25, 0.3) is 0 Å². The van der Waals surface area contributed by atoms with E-state index in [-0.39, 0.29) is 37.4 Å². The Morgan fingerprint density at radius 1 is 1.29 bits per heavy atom. The van der Waals surface area contributed by atoms with E-state index in [1.54, 1.807) is 0 Å². The molecule has 0 aliphatic rings. The van der Waals surface area contributed by atoms with E-state index in [0.717, 1.165) is 0 Å². The number of hydrogen-bond acceptors (Lipinski definition) is 4. The van der Waals surface area contributed by atoms with Gasteiger partial charge in [-0.25, -0.2) is 13.2 Å². The van der Waals surface area contributed by atoms with Gasteiger partial charge in [-0.1, -0.05) is 6.07 Å². The molecule has 7 heteroatoms. The van der Waals surface area contributed by atoms with Crippen LogP contribution in [0.15, 0.2) is 18.2 Å². The lowest BCUT2D eigenvalue weighted by atomic mass is 10.0. The van der Waals surface area contributed by atoms with Gasteiger partial charge in [0.25, 0.3) is 6.43 Å². The molecule has 0 heterocycles. The summed E-state index contributed by atoms with van der Waals surface area (Å²) in [7, 11) is 1.36. The van der Waals surface area contributed by atoms with E-state index < -0.39 is 24.9 Å². The predicted molar refractivity (Wildman–Crippen MR) is 72.1 cm³/mol.